The Balaban J connectivity index is 1.86. The maximum Gasteiger partial charge on any atom is 0.303 e. The number of thioether (sulfide) groups is 1. The lowest BCUT2D eigenvalue weighted by Gasteiger charge is -2.39. The fourth-order valence-electron chi connectivity index (χ4n) is 3.17. The quantitative estimate of drug-likeness (QED) is 0.346. The first-order chi connectivity index (χ1) is 15.6. The minimum absolute atomic E-state index is 0.128. The number of hydrogen-bond donors (Lipinski definition) is 0. The summed E-state index contributed by atoms with van der Waals surface area (Å²) in [6.45, 7) is 3.49. The number of ether oxygens (including phenoxy) is 4. The first-order valence-corrected chi connectivity index (χ1v) is 10.8. The van der Waals surface area contributed by atoms with Gasteiger partial charge in [0.2, 0.25) is 5.95 Å². The van der Waals surface area contributed by atoms with Crippen LogP contribution < -0.4 is 4.74 Å². The molecule has 1 aliphatic rings. The zero-order valence-corrected chi connectivity index (χ0v) is 18.6. The van der Waals surface area contributed by atoms with Crippen LogP contribution in [-0.2, 0) is 28.6 Å². The van der Waals surface area contributed by atoms with Crippen molar-refractivity contribution in [1.82, 2.24) is 9.97 Å². The lowest BCUT2D eigenvalue weighted by molar-refractivity contribution is -0.186. The van der Waals surface area contributed by atoms with Crippen molar-refractivity contribution >= 4 is 29.7 Å². The van der Waals surface area contributed by atoms with Crippen molar-refractivity contribution in [3.05, 3.63) is 42.4 Å². The van der Waals surface area contributed by atoms with Gasteiger partial charge in [0.05, 0.1) is 5.69 Å². The molecule has 9 nitrogen and oxygen atoms in total. The molecule has 33 heavy (non-hydrogen) atoms. The number of carbonyl (C=O) groups is 3. The molecule has 2 aromatic heterocycles. The molecule has 0 N–H and O–H groups in total. The zero-order chi connectivity index (χ0) is 24.1. The Bertz CT molecular complexity index is 1060. The second-order valence-electron chi connectivity index (χ2n) is 6.97. The minimum Gasteiger partial charge on any atom is -0.471 e. The van der Waals surface area contributed by atoms with Gasteiger partial charge in [-0.15, -0.1) is 11.8 Å². The first-order valence-electron chi connectivity index (χ1n) is 9.72. The van der Waals surface area contributed by atoms with Gasteiger partial charge in [-0.1, -0.05) is 0 Å². The Labute approximate surface area is 191 Å². The molecule has 0 radical (unpaired) electrons. The van der Waals surface area contributed by atoms with Crippen LogP contribution in [0.4, 0.5) is 8.78 Å². The highest BCUT2D eigenvalue weighted by atomic mass is 32.2. The van der Waals surface area contributed by atoms with E-state index in [-0.39, 0.29) is 17.2 Å². The average Bonchev–Trinajstić information content (AvgIpc) is 2.72. The van der Waals surface area contributed by atoms with E-state index in [1.807, 2.05) is 0 Å². The van der Waals surface area contributed by atoms with E-state index in [9.17, 15) is 23.2 Å². The molecule has 0 saturated carbocycles. The molecule has 4 atom stereocenters. The number of aromatic nitrogens is 2. The predicted molar refractivity (Wildman–Crippen MR) is 111 cm³/mol. The fourth-order valence-corrected chi connectivity index (χ4v) is 4.38. The van der Waals surface area contributed by atoms with E-state index in [1.54, 1.807) is 0 Å². The largest absolute Gasteiger partial charge is 0.471 e. The van der Waals surface area contributed by atoms with Crippen molar-refractivity contribution in [2.24, 2.45) is 0 Å². The maximum absolute atomic E-state index is 14.7. The van der Waals surface area contributed by atoms with Gasteiger partial charge in [0.1, 0.15) is 0 Å². The SMILES string of the molecule is CC(=O)O[C@@H]1[C@@H](OC(C)=O)[C@H](OC(C)=O)CS[C@H]1Oc1ccc(-c2ccnc(F)c2)nc1F. The molecule has 1 aliphatic heterocycles. The van der Waals surface area contributed by atoms with Crippen LogP contribution in [0.5, 0.6) is 5.75 Å². The third-order valence-corrected chi connectivity index (χ3v) is 5.60. The summed E-state index contributed by atoms with van der Waals surface area (Å²) in [6.07, 6.45) is -2.06. The molecule has 0 aromatic carbocycles. The summed E-state index contributed by atoms with van der Waals surface area (Å²) < 4.78 is 49.6. The maximum atomic E-state index is 14.7. The Hall–Kier alpha value is -3.28. The zero-order valence-electron chi connectivity index (χ0n) is 17.8. The van der Waals surface area contributed by atoms with Gasteiger partial charge < -0.3 is 18.9 Å². The lowest BCUT2D eigenvalue weighted by atomic mass is 10.1. The summed E-state index contributed by atoms with van der Waals surface area (Å²) in [7, 11) is 0. The second kappa shape index (κ2) is 10.6. The summed E-state index contributed by atoms with van der Waals surface area (Å²) in [5.74, 6) is -3.88. The Morgan fingerprint density at radius 1 is 0.970 bits per heavy atom. The molecular weight excluding hydrogens is 462 g/mol. The molecule has 0 unspecified atom stereocenters. The van der Waals surface area contributed by atoms with E-state index in [0.717, 1.165) is 31.7 Å². The van der Waals surface area contributed by atoms with Crippen molar-refractivity contribution in [1.29, 1.82) is 0 Å². The van der Waals surface area contributed by atoms with Crippen LogP contribution in [-0.4, -0.2) is 57.4 Å². The number of esters is 3. The highest BCUT2D eigenvalue weighted by Gasteiger charge is 2.48. The monoisotopic (exact) mass is 482 g/mol. The molecule has 3 rings (SSSR count). The topological polar surface area (TPSA) is 114 Å². The number of pyridine rings is 2. The highest BCUT2D eigenvalue weighted by molar-refractivity contribution is 7.99. The molecule has 12 heteroatoms. The summed E-state index contributed by atoms with van der Waals surface area (Å²) in [4.78, 5) is 42.1. The van der Waals surface area contributed by atoms with Crippen LogP contribution in [0.15, 0.2) is 30.5 Å². The lowest BCUT2D eigenvalue weighted by Crippen LogP contribution is -2.55. The van der Waals surface area contributed by atoms with Gasteiger partial charge in [-0.2, -0.15) is 8.78 Å². The van der Waals surface area contributed by atoms with Crippen molar-refractivity contribution in [2.75, 3.05) is 5.75 Å². The third kappa shape index (κ3) is 6.37. The van der Waals surface area contributed by atoms with Crippen molar-refractivity contribution in [3.63, 3.8) is 0 Å². The van der Waals surface area contributed by atoms with Crippen LogP contribution in [0.25, 0.3) is 11.3 Å². The Morgan fingerprint density at radius 3 is 2.24 bits per heavy atom. The van der Waals surface area contributed by atoms with E-state index in [4.69, 9.17) is 18.9 Å². The van der Waals surface area contributed by atoms with E-state index in [1.165, 1.54) is 31.3 Å². The van der Waals surface area contributed by atoms with Gasteiger partial charge in [0.25, 0.3) is 5.95 Å². The summed E-state index contributed by atoms with van der Waals surface area (Å²) >= 11 is 1.08. The second-order valence-corrected chi connectivity index (χ2v) is 8.10. The molecule has 2 aromatic rings. The predicted octanol–water partition coefficient (Wildman–Crippen LogP) is 2.67. The normalized spacial score (nSPS) is 22.2. The molecule has 0 aliphatic carbocycles. The minimum atomic E-state index is -1.21. The van der Waals surface area contributed by atoms with Crippen molar-refractivity contribution < 1.29 is 42.1 Å². The first kappa shape index (κ1) is 24.4. The number of rotatable bonds is 6. The molecular formula is C21H20F2N2O7S. The fraction of sp³-hybridized carbons (Fsp3) is 0.381. The molecule has 3 heterocycles. The number of nitrogens with zero attached hydrogens (tertiary/aromatic N) is 2. The van der Waals surface area contributed by atoms with Crippen molar-refractivity contribution in [2.45, 2.75) is 44.5 Å². The van der Waals surface area contributed by atoms with Gasteiger partial charge in [0, 0.05) is 44.4 Å². The van der Waals surface area contributed by atoms with Gasteiger partial charge >= 0.3 is 17.9 Å². The van der Waals surface area contributed by atoms with Crippen LogP contribution >= 0.6 is 11.8 Å². The summed E-state index contributed by atoms with van der Waals surface area (Å²) in [5.41, 5.74) is -0.538. The molecule has 176 valence electrons. The smallest absolute Gasteiger partial charge is 0.303 e. The van der Waals surface area contributed by atoms with Gasteiger partial charge in [0.15, 0.2) is 29.5 Å². The van der Waals surface area contributed by atoms with Crippen molar-refractivity contribution in [3.8, 4) is 17.0 Å². The molecule has 1 saturated heterocycles. The summed E-state index contributed by atoms with van der Waals surface area (Å²) in [6, 6.07) is 5.29. The third-order valence-electron chi connectivity index (χ3n) is 4.38. The van der Waals surface area contributed by atoms with E-state index in [2.05, 4.69) is 9.97 Å². The van der Waals surface area contributed by atoms with E-state index in [0.29, 0.717) is 5.56 Å². The van der Waals surface area contributed by atoms with Gasteiger partial charge in [-0.3, -0.25) is 14.4 Å². The van der Waals surface area contributed by atoms with Crippen LogP contribution in [0, 0.1) is 11.9 Å². The molecule has 0 bridgehead atoms. The van der Waals surface area contributed by atoms with E-state index < -0.39 is 53.6 Å². The van der Waals surface area contributed by atoms with E-state index >= 15 is 0 Å². The van der Waals surface area contributed by atoms with Crippen LogP contribution in [0.2, 0.25) is 0 Å². The molecule has 1 fully saturated rings. The number of carbonyl (C=O) groups excluding carboxylic acids is 3. The standard InChI is InChI=1S/C21H20F2N2O7S/c1-10(26)29-16-9-33-21(19(31-12(3)28)18(16)30-11(2)27)32-15-5-4-14(25-20(15)23)13-6-7-24-17(22)8-13/h4-8,16,18-19,21H,9H2,1-3H3/t16-,18+,19-,21-/m1/s1. The summed E-state index contributed by atoms with van der Waals surface area (Å²) in [5, 5.41) is 0. The van der Waals surface area contributed by atoms with Crippen LogP contribution in [0.1, 0.15) is 20.8 Å². The Kier molecular flexibility index (Phi) is 7.79. The van der Waals surface area contributed by atoms with Gasteiger partial charge in [-0.25, -0.2) is 9.97 Å². The molecule has 0 amide bonds. The Morgan fingerprint density at radius 2 is 1.64 bits per heavy atom. The molecule has 0 spiro atoms. The number of hydrogen-bond acceptors (Lipinski definition) is 10. The van der Waals surface area contributed by atoms with Crippen LogP contribution in [0.3, 0.4) is 0 Å². The number of halogens is 2. The van der Waals surface area contributed by atoms with Gasteiger partial charge in [-0.05, 0) is 18.2 Å². The highest BCUT2D eigenvalue weighted by Crippen LogP contribution is 2.35. The average molecular weight is 482 g/mol.